The van der Waals surface area contributed by atoms with Gasteiger partial charge in [-0.15, -0.1) is 0 Å². The molecule has 70 valence electrons. The van der Waals surface area contributed by atoms with Crippen molar-refractivity contribution < 1.29 is 19.0 Å². The minimum absolute atomic E-state index is 0.0827. The number of rotatable bonds is 3. The number of carbonyl (C=O) groups excluding carboxylic acids is 1. The van der Waals surface area contributed by atoms with Gasteiger partial charge in [-0.3, -0.25) is 4.79 Å². The van der Waals surface area contributed by atoms with Gasteiger partial charge in [0.1, 0.15) is 0 Å². The van der Waals surface area contributed by atoms with Gasteiger partial charge < -0.3 is 14.2 Å². The Bertz CT molecular complexity index is 157. The molecular weight excluding hydrogens is 160 g/mol. The Morgan fingerprint density at radius 3 is 2.92 bits per heavy atom. The third-order valence-electron chi connectivity index (χ3n) is 1.72. The van der Waals surface area contributed by atoms with Gasteiger partial charge in [0.15, 0.2) is 0 Å². The first-order chi connectivity index (χ1) is 5.72. The van der Waals surface area contributed by atoms with Crippen LogP contribution in [-0.4, -0.2) is 32.1 Å². The standard InChI is InChI=1S/C8H14O4/c1-6(9)11-8-4-3-7(12-8)5-10-2/h7-8H,3-5H2,1-2H3. The van der Waals surface area contributed by atoms with Crippen molar-refractivity contribution in [2.75, 3.05) is 13.7 Å². The molecule has 0 amide bonds. The van der Waals surface area contributed by atoms with Crippen molar-refractivity contribution in [3.05, 3.63) is 0 Å². The molecule has 1 rings (SSSR count). The monoisotopic (exact) mass is 174 g/mol. The summed E-state index contributed by atoms with van der Waals surface area (Å²) in [6.07, 6.45) is 1.39. The van der Waals surface area contributed by atoms with Crippen molar-refractivity contribution in [3.8, 4) is 0 Å². The van der Waals surface area contributed by atoms with Gasteiger partial charge in [-0.2, -0.15) is 0 Å². The van der Waals surface area contributed by atoms with Crippen LogP contribution in [0.1, 0.15) is 19.8 Å². The number of ether oxygens (including phenoxy) is 3. The summed E-state index contributed by atoms with van der Waals surface area (Å²) in [5.74, 6) is -0.293. The van der Waals surface area contributed by atoms with Crippen molar-refractivity contribution in [3.63, 3.8) is 0 Å². The molecule has 12 heavy (non-hydrogen) atoms. The fourth-order valence-electron chi connectivity index (χ4n) is 1.25. The SMILES string of the molecule is COCC1CCC(OC(C)=O)O1. The molecule has 4 nitrogen and oxygen atoms in total. The highest BCUT2D eigenvalue weighted by Crippen LogP contribution is 2.20. The van der Waals surface area contributed by atoms with Crippen LogP contribution < -0.4 is 0 Å². The second-order valence-electron chi connectivity index (χ2n) is 2.83. The number of esters is 1. The number of hydrogen-bond acceptors (Lipinski definition) is 4. The van der Waals surface area contributed by atoms with Gasteiger partial charge in [-0.25, -0.2) is 0 Å². The minimum Gasteiger partial charge on any atom is -0.436 e. The minimum atomic E-state index is -0.359. The van der Waals surface area contributed by atoms with Gasteiger partial charge >= 0.3 is 5.97 Å². The molecule has 2 atom stereocenters. The highest BCUT2D eigenvalue weighted by Gasteiger charge is 2.26. The topological polar surface area (TPSA) is 44.8 Å². The van der Waals surface area contributed by atoms with Crippen LogP contribution in [-0.2, 0) is 19.0 Å². The molecule has 2 unspecified atom stereocenters. The van der Waals surface area contributed by atoms with Crippen LogP contribution in [0.15, 0.2) is 0 Å². The molecule has 0 aliphatic carbocycles. The average molecular weight is 174 g/mol. The van der Waals surface area contributed by atoms with E-state index in [1.165, 1.54) is 6.92 Å². The zero-order valence-electron chi connectivity index (χ0n) is 7.41. The van der Waals surface area contributed by atoms with Crippen molar-refractivity contribution in [2.45, 2.75) is 32.2 Å². The maximum Gasteiger partial charge on any atom is 0.304 e. The Labute approximate surface area is 71.8 Å². The molecule has 0 bridgehead atoms. The van der Waals surface area contributed by atoms with E-state index in [0.717, 1.165) is 12.8 Å². The van der Waals surface area contributed by atoms with Crippen LogP contribution in [0.5, 0.6) is 0 Å². The molecular formula is C8H14O4. The van der Waals surface area contributed by atoms with E-state index in [-0.39, 0.29) is 18.4 Å². The Hall–Kier alpha value is -0.610. The lowest BCUT2D eigenvalue weighted by Crippen LogP contribution is -2.19. The summed E-state index contributed by atoms with van der Waals surface area (Å²) in [4.78, 5) is 10.5. The van der Waals surface area contributed by atoms with Crippen LogP contribution in [0.4, 0.5) is 0 Å². The lowest BCUT2D eigenvalue weighted by atomic mass is 10.2. The van der Waals surface area contributed by atoms with Gasteiger partial charge in [0, 0.05) is 20.5 Å². The smallest absolute Gasteiger partial charge is 0.304 e. The molecule has 1 aliphatic heterocycles. The zero-order valence-corrected chi connectivity index (χ0v) is 7.41. The summed E-state index contributed by atoms with van der Waals surface area (Å²) in [5.41, 5.74) is 0. The number of carbonyl (C=O) groups is 1. The second kappa shape index (κ2) is 4.42. The van der Waals surface area contributed by atoms with E-state index >= 15 is 0 Å². The molecule has 1 heterocycles. The lowest BCUT2D eigenvalue weighted by Gasteiger charge is -2.12. The Morgan fingerprint density at radius 1 is 1.58 bits per heavy atom. The van der Waals surface area contributed by atoms with Crippen molar-refractivity contribution in [2.24, 2.45) is 0 Å². The lowest BCUT2D eigenvalue weighted by molar-refractivity contribution is -0.175. The van der Waals surface area contributed by atoms with Crippen LogP contribution in [0.25, 0.3) is 0 Å². The highest BCUT2D eigenvalue weighted by atomic mass is 16.7. The molecule has 1 saturated heterocycles. The average Bonchev–Trinajstić information content (AvgIpc) is 2.36. The predicted octanol–water partition coefficient (Wildman–Crippen LogP) is 0.701. The molecule has 0 aromatic heterocycles. The van der Waals surface area contributed by atoms with E-state index in [0.29, 0.717) is 6.61 Å². The van der Waals surface area contributed by atoms with E-state index in [2.05, 4.69) is 0 Å². The Balaban J connectivity index is 2.21. The highest BCUT2D eigenvalue weighted by molar-refractivity contribution is 5.66. The zero-order chi connectivity index (χ0) is 8.97. The van der Waals surface area contributed by atoms with E-state index < -0.39 is 0 Å². The molecule has 1 aliphatic rings. The quantitative estimate of drug-likeness (QED) is 0.591. The molecule has 0 aromatic carbocycles. The summed E-state index contributed by atoms with van der Waals surface area (Å²) in [6, 6.07) is 0. The van der Waals surface area contributed by atoms with Crippen LogP contribution >= 0.6 is 0 Å². The molecule has 0 radical (unpaired) electrons. The van der Waals surface area contributed by atoms with Crippen LogP contribution in [0.3, 0.4) is 0 Å². The van der Waals surface area contributed by atoms with E-state index in [1.807, 2.05) is 0 Å². The van der Waals surface area contributed by atoms with Crippen LogP contribution in [0.2, 0.25) is 0 Å². The maximum atomic E-state index is 10.5. The maximum absolute atomic E-state index is 10.5. The largest absolute Gasteiger partial charge is 0.436 e. The van der Waals surface area contributed by atoms with Crippen molar-refractivity contribution >= 4 is 5.97 Å². The predicted molar refractivity (Wildman–Crippen MR) is 41.5 cm³/mol. The normalized spacial score (nSPS) is 28.8. The van der Waals surface area contributed by atoms with E-state index in [1.54, 1.807) is 7.11 Å². The fraction of sp³-hybridized carbons (Fsp3) is 0.875. The molecule has 0 aromatic rings. The summed E-state index contributed by atoms with van der Waals surface area (Å²) in [5, 5.41) is 0. The first-order valence-electron chi connectivity index (χ1n) is 4.04. The van der Waals surface area contributed by atoms with Gasteiger partial charge in [-0.05, 0) is 6.42 Å². The molecule has 0 saturated carbocycles. The fourth-order valence-corrected chi connectivity index (χ4v) is 1.25. The molecule has 1 fully saturated rings. The van der Waals surface area contributed by atoms with Gasteiger partial charge in [0.25, 0.3) is 0 Å². The molecule has 0 N–H and O–H groups in total. The second-order valence-corrected chi connectivity index (χ2v) is 2.83. The van der Waals surface area contributed by atoms with Crippen molar-refractivity contribution in [1.29, 1.82) is 0 Å². The first kappa shape index (κ1) is 9.48. The number of hydrogen-bond donors (Lipinski definition) is 0. The molecule has 0 spiro atoms. The van der Waals surface area contributed by atoms with Gasteiger partial charge in [-0.1, -0.05) is 0 Å². The third kappa shape index (κ3) is 2.79. The van der Waals surface area contributed by atoms with E-state index in [9.17, 15) is 4.79 Å². The van der Waals surface area contributed by atoms with Gasteiger partial charge in [0.05, 0.1) is 12.7 Å². The summed E-state index contributed by atoms with van der Waals surface area (Å²) < 4.78 is 15.1. The Morgan fingerprint density at radius 2 is 2.33 bits per heavy atom. The summed E-state index contributed by atoms with van der Waals surface area (Å²) in [6.45, 7) is 1.95. The van der Waals surface area contributed by atoms with Crippen LogP contribution in [0, 0.1) is 0 Å². The first-order valence-corrected chi connectivity index (χ1v) is 4.04. The third-order valence-corrected chi connectivity index (χ3v) is 1.72. The van der Waals surface area contributed by atoms with Gasteiger partial charge in [0.2, 0.25) is 6.29 Å². The summed E-state index contributed by atoms with van der Waals surface area (Å²) in [7, 11) is 1.63. The molecule has 4 heteroatoms. The van der Waals surface area contributed by atoms with E-state index in [4.69, 9.17) is 14.2 Å². The Kier molecular flexibility index (Phi) is 3.49. The van der Waals surface area contributed by atoms with Crippen molar-refractivity contribution in [1.82, 2.24) is 0 Å². The summed E-state index contributed by atoms with van der Waals surface area (Å²) >= 11 is 0. The number of methoxy groups -OCH3 is 1.